The van der Waals surface area contributed by atoms with E-state index in [1.807, 2.05) is 0 Å². The van der Waals surface area contributed by atoms with Gasteiger partial charge in [0.2, 0.25) is 0 Å². The number of nitrogen functional groups attached to an aromatic ring is 1. The third-order valence-electron chi connectivity index (χ3n) is 2.75. The maximum absolute atomic E-state index is 13.6. The zero-order valence-electron chi connectivity index (χ0n) is 10.4. The van der Waals surface area contributed by atoms with E-state index in [2.05, 4.69) is 10.3 Å². The number of aryl methyl sites for hydroxylation is 1. The fraction of sp³-hybridized carbons (Fsp3) is 0.154. The summed E-state index contributed by atoms with van der Waals surface area (Å²) in [7, 11) is 0. The zero-order valence-corrected chi connectivity index (χ0v) is 10.4. The molecular weight excluding hydrogens is 274 g/mol. The van der Waals surface area contributed by atoms with Crippen LogP contribution in [0.25, 0.3) is 0 Å². The number of nitrogens with zero attached hydrogens (tertiary/aromatic N) is 1. The second-order valence-electron chi connectivity index (χ2n) is 4.21. The van der Waals surface area contributed by atoms with Crippen LogP contribution in [0, 0.1) is 12.7 Å². The summed E-state index contributed by atoms with van der Waals surface area (Å²) in [6.07, 6.45) is -3.12. The van der Waals surface area contributed by atoms with E-state index in [1.165, 1.54) is 6.20 Å². The molecule has 3 nitrogen and oxygen atoms in total. The van der Waals surface area contributed by atoms with Gasteiger partial charge in [0, 0.05) is 6.20 Å². The summed E-state index contributed by atoms with van der Waals surface area (Å²) in [6, 6.07) is 3.74. The molecule has 20 heavy (non-hydrogen) atoms. The summed E-state index contributed by atoms with van der Waals surface area (Å²) in [5.74, 6) is -0.705. The summed E-state index contributed by atoms with van der Waals surface area (Å²) < 4.78 is 51.4. The van der Waals surface area contributed by atoms with Gasteiger partial charge in [-0.15, -0.1) is 0 Å². The van der Waals surface area contributed by atoms with Crippen molar-refractivity contribution < 1.29 is 17.6 Å². The van der Waals surface area contributed by atoms with Crippen LogP contribution in [-0.2, 0) is 6.18 Å². The predicted molar refractivity (Wildman–Crippen MR) is 68.1 cm³/mol. The van der Waals surface area contributed by atoms with Crippen LogP contribution in [0.3, 0.4) is 0 Å². The van der Waals surface area contributed by atoms with E-state index in [0.717, 1.165) is 6.07 Å². The second kappa shape index (κ2) is 4.99. The average molecular weight is 285 g/mol. The molecule has 0 saturated carbocycles. The van der Waals surface area contributed by atoms with Crippen LogP contribution in [0.15, 0.2) is 30.5 Å². The Hall–Kier alpha value is -2.31. The molecule has 1 heterocycles. The first-order chi connectivity index (χ1) is 9.29. The van der Waals surface area contributed by atoms with Crippen molar-refractivity contribution in [2.24, 2.45) is 0 Å². The molecule has 106 valence electrons. The van der Waals surface area contributed by atoms with Gasteiger partial charge < -0.3 is 11.1 Å². The largest absolute Gasteiger partial charge is 0.416 e. The predicted octanol–water partition coefficient (Wildman–Crippen LogP) is 3.87. The lowest BCUT2D eigenvalue weighted by Gasteiger charge is -2.13. The third-order valence-corrected chi connectivity index (χ3v) is 2.75. The van der Waals surface area contributed by atoms with Gasteiger partial charge >= 0.3 is 6.18 Å². The fourth-order valence-corrected chi connectivity index (χ4v) is 1.59. The molecule has 0 spiro atoms. The van der Waals surface area contributed by atoms with Crippen LogP contribution >= 0.6 is 0 Å². The Labute approximate surface area is 112 Å². The molecular formula is C13H11F4N3. The van der Waals surface area contributed by atoms with E-state index in [4.69, 9.17) is 5.73 Å². The summed E-state index contributed by atoms with van der Waals surface area (Å²) in [5, 5.41) is 2.48. The van der Waals surface area contributed by atoms with Crippen molar-refractivity contribution in [1.82, 2.24) is 4.98 Å². The monoisotopic (exact) mass is 285 g/mol. The van der Waals surface area contributed by atoms with E-state index < -0.39 is 17.6 Å². The number of nitrogens with one attached hydrogen (secondary N) is 1. The van der Waals surface area contributed by atoms with Crippen molar-refractivity contribution in [3.05, 3.63) is 47.4 Å². The quantitative estimate of drug-likeness (QED) is 0.823. The Morgan fingerprint density at radius 1 is 1.20 bits per heavy atom. The molecule has 2 rings (SSSR count). The van der Waals surface area contributed by atoms with Crippen LogP contribution in [0.1, 0.15) is 11.1 Å². The molecule has 0 fully saturated rings. The number of pyridine rings is 1. The Kier molecular flexibility index (Phi) is 3.52. The lowest BCUT2D eigenvalue weighted by molar-refractivity contribution is -0.137. The zero-order chi connectivity index (χ0) is 14.9. The van der Waals surface area contributed by atoms with Gasteiger partial charge in [0.25, 0.3) is 0 Å². The van der Waals surface area contributed by atoms with E-state index in [1.54, 1.807) is 13.0 Å². The second-order valence-corrected chi connectivity index (χ2v) is 4.21. The molecule has 0 saturated heterocycles. The molecule has 1 aromatic carbocycles. The number of hydrogen-bond acceptors (Lipinski definition) is 3. The maximum Gasteiger partial charge on any atom is 0.416 e. The normalized spacial score (nSPS) is 11.4. The van der Waals surface area contributed by atoms with Gasteiger partial charge in [0.05, 0.1) is 16.9 Å². The summed E-state index contributed by atoms with van der Waals surface area (Å²) in [5.41, 5.74) is 5.40. The number of anilines is 3. The third kappa shape index (κ3) is 2.81. The van der Waals surface area contributed by atoms with Crippen LogP contribution < -0.4 is 11.1 Å². The molecule has 3 N–H and O–H groups in total. The molecule has 0 radical (unpaired) electrons. The Balaban J connectivity index is 2.41. The average Bonchev–Trinajstić information content (AvgIpc) is 2.36. The molecule has 7 heteroatoms. The molecule has 2 aromatic rings. The first-order valence-electron chi connectivity index (χ1n) is 5.64. The van der Waals surface area contributed by atoms with Gasteiger partial charge in [-0.3, -0.25) is 0 Å². The van der Waals surface area contributed by atoms with Crippen LogP contribution in [0.5, 0.6) is 0 Å². The van der Waals surface area contributed by atoms with E-state index in [-0.39, 0.29) is 17.2 Å². The molecule has 0 atom stereocenters. The van der Waals surface area contributed by atoms with Crippen molar-refractivity contribution in [2.45, 2.75) is 13.1 Å². The molecule has 0 unspecified atom stereocenters. The maximum atomic E-state index is 13.6. The Morgan fingerprint density at radius 2 is 1.90 bits per heavy atom. The number of nitrogens with two attached hydrogens (primary N) is 1. The van der Waals surface area contributed by atoms with Gasteiger partial charge in [-0.05, 0) is 36.8 Å². The highest BCUT2D eigenvalue weighted by atomic mass is 19.4. The number of aromatic nitrogens is 1. The van der Waals surface area contributed by atoms with E-state index >= 15 is 0 Å². The van der Waals surface area contributed by atoms with Gasteiger partial charge in [0.15, 0.2) is 5.82 Å². The molecule has 0 aliphatic carbocycles. The lowest BCUT2D eigenvalue weighted by atomic mass is 10.1. The Morgan fingerprint density at radius 3 is 2.55 bits per heavy atom. The fourth-order valence-electron chi connectivity index (χ4n) is 1.59. The number of rotatable bonds is 2. The SMILES string of the molecule is Cc1ccnc(Nc2cc(C(F)(F)F)ccc2F)c1N. The smallest absolute Gasteiger partial charge is 0.396 e. The van der Waals surface area contributed by atoms with Crippen molar-refractivity contribution in [2.75, 3.05) is 11.1 Å². The standard InChI is InChI=1S/C13H11F4N3/c1-7-4-5-19-12(11(7)18)20-10-6-8(13(15,16)17)2-3-9(10)14/h2-6H,18H2,1H3,(H,19,20). The van der Waals surface area contributed by atoms with E-state index in [9.17, 15) is 17.6 Å². The molecule has 0 aliphatic rings. The molecule has 1 aromatic heterocycles. The van der Waals surface area contributed by atoms with Gasteiger partial charge in [-0.1, -0.05) is 0 Å². The first kappa shape index (κ1) is 14.1. The topological polar surface area (TPSA) is 50.9 Å². The van der Waals surface area contributed by atoms with Crippen LogP contribution in [0.4, 0.5) is 34.8 Å². The van der Waals surface area contributed by atoms with Crippen LogP contribution in [0.2, 0.25) is 0 Å². The van der Waals surface area contributed by atoms with E-state index in [0.29, 0.717) is 17.7 Å². The highest BCUT2D eigenvalue weighted by molar-refractivity contribution is 5.71. The van der Waals surface area contributed by atoms with Crippen LogP contribution in [-0.4, -0.2) is 4.98 Å². The number of halogens is 4. The summed E-state index contributed by atoms with van der Waals surface area (Å²) >= 11 is 0. The van der Waals surface area contributed by atoms with Gasteiger partial charge in [-0.2, -0.15) is 13.2 Å². The minimum Gasteiger partial charge on any atom is -0.396 e. The Bertz CT molecular complexity index is 638. The van der Waals surface area contributed by atoms with Crippen molar-refractivity contribution >= 4 is 17.2 Å². The molecule has 0 bridgehead atoms. The van der Waals surface area contributed by atoms with Gasteiger partial charge in [-0.25, -0.2) is 9.37 Å². The number of hydrogen-bond donors (Lipinski definition) is 2. The minimum absolute atomic E-state index is 0.114. The summed E-state index contributed by atoms with van der Waals surface area (Å²) in [6.45, 7) is 1.71. The van der Waals surface area contributed by atoms with Crippen molar-refractivity contribution in [3.8, 4) is 0 Å². The number of alkyl halides is 3. The first-order valence-corrected chi connectivity index (χ1v) is 5.64. The molecule has 0 aliphatic heterocycles. The van der Waals surface area contributed by atoms with Gasteiger partial charge in [0.1, 0.15) is 5.82 Å². The number of benzene rings is 1. The highest BCUT2D eigenvalue weighted by Gasteiger charge is 2.31. The van der Waals surface area contributed by atoms with Crippen molar-refractivity contribution in [1.29, 1.82) is 0 Å². The van der Waals surface area contributed by atoms with Crippen molar-refractivity contribution in [3.63, 3.8) is 0 Å². The summed E-state index contributed by atoms with van der Waals surface area (Å²) in [4.78, 5) is 3.88. The lowest BCUT2D eigenvalue weighted by Crippen LogP contribution is -2.07. The highest BCUT2D eigenvalue weighted by Crippen LogP contribution is 2.33. The molecule has 0 amide bonds. The minimum atomic E-state index is -4.55.